The second kappa shape index (κ2) is 6.36. The summed E-state index contributed by atoms with van der Waals surface area (Å²) in [5.41, 5.74) is 0.606. The van der Waals surface area contributed by atoms with E-state index in [1.54, 1.807) is 18.0 Å². The Kier molecular flexibility index (Phi) is 4.50. The average molecular weight is 306 g/mol. The van der Waals surface area contributed by atoms with E-state index in [1.807, 2.05) is 12.1 Å². The zero-order chi connectivity index (χ0) is 14.8. The maximum absolute atomic E-state index is 12.4. The Bertz CT molecular complexity index is 506. The summed E-state index contributed by atoms with van der Waals surface area (Å²) in [6.07, 6.45) is 5.18. The highest BCUT2D eigenvalue weighted by molar-refractivity contribution is 7.99. The fourth-order valence-corrected chi connectivity index (χ4v) is 4.47. The molecule has 114 valence electrons. The Morgan fingerprint density at radius 1 is 1.43 bits per heavy atom. The average Bonchev–Trinajstić information content (AvgIpc) is 3.09. The van der Waals surface area contributed by atoms with Gasteiger partial charge in [-0.3, -0.25) is 4.79 Å². The summed E-state index contributed by atoms with van der Waals surface area (Å²) < 4.78 is 0. The highest BCUT2D eigenvalue weighted by Crippen LogP contribution is 2.48. The number of fused-ring (bicyclic) bond motifs is 2. The smallest absolute Gasteiger partial charge is 0.253 e. The van der Waals surface area contributed by atoms with Crippen molar-refractivity contribution in [1.29, 1.82) is 0 Å². The molecule has 2 fully saturated rings. The van der Waals surface area contributed by atoms with Crippen molar-refractivity contribution in [1.82, 2.24) is 10.3 Å². The molecule has 5 heteroatoms. The first-order valence-electron chi connectivity index (χ1n) is 7.73. The number of thioether (sulfide) groups is 1. The standard InChI is InChI=1S/C16H22N2O2S/c1-2-21-14-6-5-12(8-17-14)16(20)18-15-11-4-3-10(7-11)13(15)9-19/h5-6,8,10-11,13,15,19H,2-4,7,9H2,1H3,(H,18,20). The molecule has 2 bridgehead atoms. The molecule has 2 N–H and O–H groups in total. The number of aliphatic hydroxyl groups is 1. The minimum Gasteiger partial charge on any atom is -0.396 e. The number of carbonyl (C=O) groups excluding carboxylic acids is 1. The van der Waals surface area contributed by atoms with Gasteiger partial charge >= 0.3 is 0 Å². The van der Waals surface area contributed by atoms with Crippen LogP contribution in [0.15, 0.2) is 23.4 Å². The lowest BCUT2D eigenvalue weighted by molar-refractivity contribution is 0.0861. The molecule has 0 aromatic carbocycles. The summed E-state index contributed by atoms with van der Waals surface area (Å²) >= 11 is 1.67. The van der Waals surface area contributed by atoms with Crippen LogP contribution in [0, 0.1) is 17.8 Å². The van der Waals surface area contributed by atoms with Gasteiger partial charge in [0.05, 0.1) is 10.6 Å². The summed E-state index contributed by atoms with van der Waals surface area (Å²) in [5, 5.41) is 13.7. The molecule has 4 nitrogen and oxygen atoms in total. The molecule has 2 saturated carbocycles. The van der Waals surface area contributed by atoms with Crippen molar-refractivity contribution in [3.8, 4) is 0 Å². The van der Waals surface area contributed by atoms with Gasteiger partial charge in [0.2, 0.25) is 0 Å². The van der Waals surface area contributed by atoms with E-state index in [1.165, 1.54) is 12.8 Å². The van der Waals surface area contributed by atoms with E-state index in [-0.39, 0.29) is 24.5 Å². The number of nitrogens with one attached hydrogen (secondary N) is 1. The molecule has 1 heterocycles. The lowest BCUT2D eigenvalue weighted by Crippen LogP contribution is -2.45. The van der Waals surface area contributed by atoms with Gasteiger partial charge in [-0.1, -0.05) is 6.92 Å². The molecular formula is C16H22N2O2S. The number of amides is 1. The number of nitrogens with zero attached hydrogens (tertiary/aromatic N) is 1. The zero-order valence-corrected chi connectivity index (χ0v) is 13.1. The Labute approximate surface area is 129 Å². The lowest BCUT2D eigenvalue weighted by Gasteiger charge is -2.30. The fraction of sp³-hybridized carbons (Fsp3) is 0.625. The van der Waals surface area contributed by atoms with E-state index < -0.39 is 0 Å². The second-order valence-corrected chi connectivity index (χ2v) is 7.28. The third kappa shape index (κ3) is 2.94. The maximum Gasteiger partial charge on any atom is 0.253 e. The summed E-state index contributed by atoms with van der Waals surface area (Å²) in [6, 6.07) is 3.86. The van der Waals surface area contributed by atoms with Crippen LogP contribution in [0.5, 0.6) is 0 Å². The molecule has 0 saturated heterocycles. The van der Waals surface area contributed by atoms with E-state index in [2.05, 4.69) is 17.2 Å². The normalized spacial score (nSPS) is 30.6. The van der Waals surface area contributed by atoms with Crippen molar-refractivity contribution >= 4 is 17.7 Å². The van der Waals surface area contributed by atoms with E-state index in [4.69, 9.17) is 0 Å². The van der Waals surface area contributed by atoms with Crippen LogP contribution >= 0.6 is 11.8 Å². The van der Waals surface area contributed by atoms with Crippen LogP contribution in [0.3, 0.4) is 0 Å². The molecule has 21 heavy (non-hydrogen) atoms. The third-order valence-electron chi connectivity index (χ3n) is 4.89. The molecule has 0 aliphatic heterocycles. The first-order chi connectivity index (χ1) is 10.2. The SMILES string of the molecule is CCSc1ccc(C(=O)NC2C3CCC(C3)C2CO)cn1. The van der Waals surface area contributed by atoms with Gasteiger partial charge in [0.15, 0.2) is 0 Å². The first-order valence-corrected chi connectivity index (χ1v) is 8.72. The summed E-state index contributed by atoms with van der Waals surface area (Å²) in [5.74, 6) is 2.27. The molecule has 4 atom stereocenters. The Hall–Kier alpha value is -1.07. The molecule has 2 aliphatic rings. The number of hydrogen-bond donors (Lipinski definition) is 2. The Balaban J connectivity index is 1.65. The number of aromatic nitrogens is 1. The number of carbonyl (C=O) groups is 1. The highest BCUT2D eigenvalue weighted by atomic mass is 32.2. The van der Waals surface area contributed by atoms with Crippen molar-refractivity contribution in [2.24, 2.45) is 17.8 Å². The van der Waals surface area contributed by atoms with Crippen molar-refractivity contribution in [2.75, 3.05) is 12.4 Å². The number of hydrogen-bond acceptors (Lipinski definition) is 4. The molecule has 4 unspecified atom stereocenters. The van der Waals surface area contributed by atoms with Crippen LogP contribution in [0.2, 0.25) is 0 Å². The predicted octanol–water partition coefficient (Wildman–Crippen LogP) is 2.33. The van der Waals surface area contributed by atoms with Crippen LogP contribution in [0.4, 0.5) is 0 Å². The summed E-state index contributed by atoms with van der Waals surface area (Å²) in [4.78, 5) is 16.7. The van der Waals surface area contributed by atoms with Crippen LogP contribution in [0.25, 0.3) is 0 Å². The molecule has 0 radical (unpaired) electrons. The van der Waals surface area contributed by atoms with E-state index in [0.29, 0.717) is 17.4 Å². The predicted molar refractivity (Wildman–Crippen MR) is 83.3 cm³/mol. The highest BCUT2D eigenvalue weighted by Gasteiger charge is 2.47. The van der Waals surface area contributed by atoms with Crippen LogP contribution in [0.1, 0.15) is 36.5 Å². The monoisotopic (exact) mass is 306 g/mol. The van der Waals surface area contributed by atoms with Gasteiger partial charge in [0.25, 0.3) is 5.91 Å². The molecule has 0 spiro atoms. The number of rotatable bonds is 5. The second-order valence-electron chi connectivity index (χ2n) is 6.00. The van der Waals surface area contributed by atoms with E-state index in [9.17, 15) is 9.90 Å². The Morgan fingerprint density at radius 2 is 2.24 bits per heavy atom. The van der Waals surface area contributed by atoms with E-state index >= 15 is 0 Å². The third-order valence-corrected chi connectivity index (χ3v) is 5.71. The minimum atomic E-state index is -0.0634. The number of aliphatic hydroxyl groups excluding tert-OH is 1. The van der Waals surface area contributed by atoms with Crippen LogP contribution < -0.4 is 5.32 Å². The van der Waals surface area contributed by atoms with Gasteiger partial charge in [0.1, 0.15) is 0 Å². The van der Waals surface area contributed by atoms with Gasteiger partial charge in [-0.15, -0.1) is 11.8 Å². The number of pyridine rings is 1. The molecule has 3 rings (SSSR count). The maximum atomic E-state index is 12.4. The molecule has 2 aliphatic carbocycles. The van der Waals surface area contributed by atoms with Gasteiger partial charge < -0.3 is 10.4 Å². The first kappa shape index (κ1) is 14.9. The van der Waals surface area contributed by atoms with Crippen LogP contribution in [-0.4, -0.2) is 34.4 Å². The van der Waals surface area contributed by atoms with Crippen molar-refractivity contribution in [3.63, 3.8) is 0 Å². The molecule has 1 amide bonds. The van der Waals surface area contributed by atoms with Crippen molar-refractivity contribution in [2.45, 2.75) is 37.3 Å². The molecule has 1 aromatic rings. The van der Waals surface area contributed by atoms with Crippen molar-refractivity contribution < 1.29 is 9.90 Å². The fourth-order valence-electron chi connectivity index (χ4n) is 3.88. The Morgan fingerprint density at radius 3 is 2.90 bits per heavy atom. The van der Waals surface area contributed by atoms with E-state index in [0.717, 1.165) is 17.2 Å². The van der Waals surface area contributed by atoms with Gasteiger partial charge in [-0.2, -0.15) is 0 Å². The topological polar surface area (TPSA) is 62.2 Å². The molecular weight excluding hydrogens is 284 g/mol. The minimum absolute atomic E-state index is 0.0634. The van der Waals surface area contributed by atoms with Crippen LogP contribution in [-0.2, 0) is 0 Å². The largest absolute Gasteiger partial charge is 0.396 e. The van der Waals surface area contributed by atoms with Gasteiger partial charge in [-0.25, -0.2) is 4.98 Å². The summed E-state index contributed by atoms with van der Waals surface area (Å²) in [7, 11) is 0. The molecule has 1 aromatic heterocycles. The van der Waals surface area contributed by atoms with Gasteiger partial charge in [-0.05, 0) is 49.0 Å². The van der Waals surface area contributed by atoms with Crippen molar-refractivity contribution in [3.05, 3.63) is 23.9 Å². The van der Waals surface area contributed by atoms with Gasteiger partial charge in [0, 0.05) is 24.8 Å². The quantitative estimate of drug-likeness (QED) is 0.820. The summed E-state index contributed by atoms with van der Waals surface area (Å²) in [6.45, 7) is 2.26. The zero-order valence-electron chi connectivity index (χ0n) is 12.3. The lowest BCUT2D eigenvalue weighted by atomic mass is 9.85.